The number of methoxy groups -OCH3 is 2. The zero-order chi connectivity index (χ0) is 24.6. The molecule has 0 bridgehead atoms. The number of rotatable bonds is 8. The number of nitriles is 1. The van der Waals surface area contributed by atoms with E-state index in [1.165, 1.54) is 11.8 Å². The number of hydrogen-bond acceptors (Lipinski definition) is 7. The number of aliphatic imine (C=N–C) groups is 1. The van der Waals surface area contributed by atoms with E-state index in [0.29, 0.717) is 46.0 Å². The molecule has 4 rings (SSSR count). The van der Waals surface area contributed by atoms with Crippen LogP contribution in [0.5, 0.6) is 17.2 Å². The minimum Gasteiger partial charge on any atom is -0.497 e. The van der Waals surface area contributed by atoms with E-state index < -0.39 is 0 Å². The molecule has 0 saturated heterocycles. The molecule has 0 unspecified atom stereocenters. The van der Waals surface area contributed by atoms with Gasteiger partial charge < -0.3 is 14.2 Å². The summed E-state index contributed by atoms with van der Waals surface area (Å²) in [7, 11) is 3.20. The third-order valence-corrected chi connectivity index (χ3v) is 6.03. The van der Waals surface area contributed by atoms with Gasteiger partial charge in [-0.1, -0.05) is 30.0 Å². The largest absolute Gasteiger partial charge is 0.497 e. The van der Waals surface area contributed by atoms with Gasteiger partial charge in [-0.3, -0.25) is 9.69 Å². The molecule has 1 heterocycles. The van der Waals surface area contributed by atoms with Crippen molar-refractivity contribution in [1.82, 2.24) is 0 Å². The lowest BCUT2D eigenvalue weighted by atomic mass is 10.2. The van der Waals surface area contributed by atoms with Gasteiger partial charge in [0.1, 0.15) is 22.9 Å². The van der Waals surface area contributed by atoms with Gasteiger partial charge in [0, 0.05) is 11.8 Å². The van der Waals surface area contributed by atoms with Crippen LogP contribution >= 0.6 is 11.8 Å². The molecule has 1 aliphatic rings. The molecule has 0 radical (unpaired) electrons. The van der Waals surface area contributed by atoms with Crippen LogP contribution in [0.25, 0.3) is 6.08 Å². The monoisotopic (exact) mass is 485 g/mol. The van der Waals surface area contributed by atoms with E-state index >= 15 is 0 Å². The zero-order valence-corrected chi connectivity index (χ0v) is 20.1. The Bertz CT molecular complexity index is 1300. The van der Waals surface area contributed by atoms with E-state index in [9.17, 15) is 4.79 Å². The maximum atomic E-state index is 13.4. The Morgan fingerprint density at radius 3 is 2.37 bits per heavy atom. The maximum absolute atomic E-state index is 13.4. The van der Waals surface area contributed by atoms with Gasteiger partial charge in [-0.25, -0.2) is 4.99 Å². The summed E-state index contributed by atoms with van der Waals surface area (Å²) >= 11 is 1.43. The molecule has 0 N–H and O–H groups in total. The van der Waals surface area contributed by atoms with Crippen molar-refractivity contribution < 1.29 is 19.0 Å². The minimum atomic E-state index is -0.218. The first-order valence-electron chi connectivity index (χ1n) is 10.8. The molecular weight excluding hydrogens is 462 g/mol. The molecule has 1 amide bonds. The Balaban J connectivity index is 1.52. The zero-order valence-electron chi connectivity index (χ0n) is 19.3. The molecule has 35 heavy (non-hydrogen) atoms. The number of amidine groups is 1. The molecule has 1 aliphatic heterocycles. The number of carbonyl (C=O) groups is 1. The molecule has 0 fully saturated rings. The second kappa shape index (κ2) is 11.3. The molecule has 8 heteroatoms. The van der Waals surface area contributed by atoms with Crippen molar-refractivity contribution in [2.75, 3.05) is 31.5 Å². The number of benzene rings is 3. The molecule has 0 saturated carbocycles. The van der Waals surface area contributed by atoms with Crippen LogP contribution in [-0.4, -0.2) is 37.7 Å². The highest BCUT2D eigenvalue weighted by Crippen LogP contribution is 2.31. The fourth-order valence-corrected chi connectivity index (χ4v) is 4.18. The third kappa shape index (κ3) is 5.83. The second-order valence-corrected chi connectivity index (χ2v) is 8.43. The van der Waals surface area contributed by atoms with Gasteiger partial charge in [0.05, 0.1) is 38.1 Å². The fraction of sp³-hybridized carbons (Fsp3) is 0.148. The van der Waals surface area contributed by atoms with Crippen LogP contribution in [0.1, 0.15) is 11.1 Å². The Hall–Kier alpha value is -4.22. The summed E-state index contributed by atoms with van der Waals surface area (Å²) < 4.78 is 16.3. The van der Waals surface area contributed by atoms with Crippen LogP contribution < -0.4 is 19.1 Å². The minimum absolute atomic E-state index is 0.218. The summed E-state index contributed by atoms with van der Waals surface area (Å²) in [6, 6.07) is 23.8. The molecule has 0 aromatic heterocycles. The summed E-state index contributed by atoms with van der Waals surface area (Å²) in [6.07, 6.45) is 1.76. The molecule has 7 nitrogen and oxygen atoms in total. The molecule has 0 spiro atoms. The highest BCUT2D eigenvalue weighted by Gasteiger charge is 2.32. The van der Waals surface area contributed by atoms with Crippen LogP contribution in [0.2, 0.25) is 0 Å². The first kappa shape index (κ1) is 23.9. The molecule has 3 aromatic rings. The van der Waals surface area contributed by atoms with Crippen LogP contribution in [-0.2, 0) is 4.79 Å². The summed E-state index contributed by atoms with van der Waals surface area (Å²) in [6.45, 7) is 0.410. The Morgan fingerprint density at radius 2 is 1.69 bits per heavy atom. The van der Waals surface area contributed by atoms with E-state index in [4.69, 9.17) is 19.5 Å². The van der Waals surface area contributed by atoms with E-state index in [-0.39, 0.29) is 5.91 Å². The van der Waals surface area contributed by atoms with E-state index in [2.05, 4.69) is 11.1 Å². The van der Waals surface area contributed by atoms with Crippen LogP contribution in [0.15, 0.2) is 83.5 Å². The number of ether oxygens (including phenoxy) is 3. The summed E-state index contributed by atoms with van der Waals surface area (Å²) in [5.74, 6) is 2.42. The number of hydrogen-bond donors (Lipinski definition) is 0. The molecule has 3 aromatic carbocycles. The van der Waals surface area contributed by atoms with Crippen molar-refractivity contribution in [2.45, 2.75) is 0 Å². The maximum Gasteiger partial charge on any atom is 0.283 e. The number of carbonyl (C=O) groups excluding carboxylic acids is 1. The predicted molar refractivity (Wildman–Crippen MR) is 138 cm³/mol. The predicted octanol–water partition coefficient (Wildman–Crippen LogP) is 5.13. The normalized spacial score (nSPS) is 14.0. The topological polar surface area (TPSA) is 84.2 Å². The number of nitrogens with zero attached hydrogens (tertiary/aromatic N) is 3. The van der Waals surface area contributed by atoms with Gasteiger partial charge in [0.15, 0.2) is 5.17 Å². The lowest BCUT2D eigenvalue weighted by Crippen LogP contribution is -2.30. The highest BCUT2D eigenvalue weighted by atomic mass is 32.2. The average Bonchev–Trinajstić information content (AvgIpc) is 3.21. The van der Waals surface area contributed by atoms with Crippen molar-refractivity contribution in [3.05, 3.63) is 89.6 Å². The van der Waals surface area contributed by atoms with E-state index in [1.807, 2.05) is 42.5 Å². The van der Waals surface area contributed by atoms with E-state index in [1.54, 1.807) is 55.5 Å². The fourth-order valence-electron chi connectivity index (χ4n) is 3.35. The highest BCUT2D eigenvalue weighted by molar-refractivity contribution is 8.14. The summed E-state index contributed by atoms with van der Waals surface area (Å²) in [5, 5.41) is 9.48. The second-order valence-electron chi connectivity index (χ2n) is 7.37. The Kier molecular flexibility index (Phi) is 7.70. The first-order chi connectivity index (χ1) is 17.1. The van der Waals surface area contributed by atoms with Gasteiger partial charge in [-0.05, 0) is 60.2 Å². The first-order valence-corrected chi connectivity index (χ1v) is 11.8. The van der Waals surface area contributed by atoms with Gasteiger partial charge in [0.25, 0.3) is 5.91 Å². The standard InChI is InChI=1S/C27H23N3O4S/c1-32-22-10-6-19(7-11-22)16-25-26(31)30(21-4-3-5-24(17-21)33-2)27(29-25)35-15-14-34-23-12-8-20(18-28)9-13-23/h3-13,16-17H,14-15H2,1-2H3/b25-16+. The SMILES string of the molecule is COc1ccc(/C=C2/N=C(SCCOc3ccc(C#N)cc3)N(c3cccc(OC)c3)C2=O)cc1. The van der Waals surface area contributed by atoms with Crippen molar-refractivity contribution in [2.24, 2.45) is 4.99 Å². The van der Waals surface area contributed by atoms with Gasteiger partial charge in [-0.2, -0.15) is 5.26 Å². The molecule has 0 aliphatic carbocycles. The van der Waals surface area contributed by atoms with Gasteiger partial charge in [-0.15, -0.1) is 0 Å². The smallest absolute Gasteiger partial charge is 0.283 e. The van der Waals surface area contributed by atoms with Crippen LogP contribution in [0, 0.1) is 11.3 Å². The van der Waals surface area contributed by atoms with Crippen molar-refractivity contribution in [1.29, 1.82) is 5.26 Å². The lowest BCUT2D eigenvalue weighted by molar-refractivity contribution is -0.113. The Morgan fingerprint density at radius 1 is 0.971 bits per heavy atom. The molecular formula is C27H23N3O4S. The quantitative estimate of drug-likeness (QED) is 0.325. The number of amides is 1. The molecule has 0 atom stereocenters. The van der Waals surface area contributed by atoms with Gasteiger partial charge in [0.2, 0.25) is 0 Å². The van der Waals surface area contributed by atoms with Crippen LogP contribution in [0.4, 0.5) is 5.69 Å². The lowest BCUT2D eigenvalue weighted by Gasteiger charge is -2.18. The van der Waals surface area contributed by atoms with Crippen LogP contribution in [0.3, 0.4) is 0 Å². The van der Waals surface area contributed by atoms with Crippen molar-refractivity contribution >= 4 is 34.6 Å². The van der Waals surface area contributed by atoms with Crippen molar-refractivity contribution in [3.63, 3.8) is 0 Å². The molecule has 176 valence electrons. The third-order valence-electron chi connectivity index (χ3n) is 5.13. The number of anilines is 1. The van der Waals surface area contributed by atoms with Crippen molar-refractivity contribution in [3.8, 4) is 23.3 Å². The number of thioether (sulfide) groups is 1. The van der Waals surface area contributed by atoms with E-state index in [0.717, 1.165) is 11.3 Å². The summed E-state index contributed by atoms with van der Waals surface area (Å²) in [5.41, 5.74) is 2.44. The average molecular weight is 486 g/mol. The Labute approximate surface area is 208 Å². The van der Waals surface area contributed by atoms with Gasteiger partial charge >= 0.3 is 0 Å². The summed E-state index contributed by atoms with van der Waals surface area (Å²) in [4.78, 5) is 19.6.